The smallest absolute Gasteiger partial charge is 0.145 e. The molecule has 0 aromatic rings. The summed E-state index contributed by atoms with van der Waals surface area (Å²) in [6.45, 7) is -0.370. The molecule has 0 amide bonds. The molecule has 1 rings (SSSR count). The van der Waals surface area contributed by atoms with Crippen molar-refractivity contribution in [3.05, 3.63) is 0 Å². The van der Waals surface area contributed by atoms with E-state index in [9.17, 15) is 4.39 Å². The third-order valence-corrected chi connectivity index (χ3v) is 1.14. The molecule has 0 aromatic heterocycles. The van der Waals surface area contributed by atoms with Crippen LogP contribution in [0.1, 0.15) is 12.8 Å². The van der Waals surface area contributed by atoms with E-state index in [1.54, 1.807) is 6.21 Å². The van der Waals surface area contributed by atoms with Crippen molar-refractivity contribution in [1.29, 1.82) is 0 Å². The second-order valence-electron chi connectivity index (χ2n) is 2.11. The predicted octanol–water partition coefficient (Wildman–Crippen LogP) is 1.37. The summed E-state index contributed by atoms with van der Waals surface area (Å²) in [6, 6.07) is 0. The second kappa shape index (κ2) is 3.43. The molecule has 0 unspecified atom stereocenters. The van der Waals surface area contributed by atoms with Crippen molar-refractivity contribution < 1.29 is 9.23 Å². The van der Waals surface area contributed by atoms with Gasteiger partial charge in [-0.3, -0.25) is 0 Å². The van der Waals surface area contributed by atoms with Crippen molar-refractivity contribution in [2.45, 2.75) is 12.8 Å². The Morgan fingerprint density at radius 3 is 3.00 bits per heavy atom. The number of nitrogens with zero attached hydrogens (tertiary/aromatic N) is 1. The van der Waals surface area contributed by atoms with Crippen LogP contribution in [0.2, 0.25) is 0 Å². The summed E-state index contributed by atoms with van der Waals surface area (Å²) in [7, 11) is 0. The van der Waals surface area contributed by atoms with Crippen LogP contribution in [0.3, 0.4) is 0 Å². The average molecular weight is 131 g/mol. The maximum atomic E-state index is 11.3. The molecule has 3 heteroatoms. The van der Waals surface area contributed by atoms with Gasteiger partial charge in [-0.25, -0.2) is 4.39 Å². The van der Waals surface area contributed by atoms with Gasteiger partial charge in [0.15, 0.2) is 0 Å². The first kappa shape index (κ1) is 6.52. The Balaban J connectivity index is 1.89. The molecule has 0 heterocycles. The van der Waals surface area contributed by atoms with Gasteiger partial charge >= 0.3 is 0 Å². The molecule has 0 atom stereocenters. The minimum absolute atomic E-state index is 0.0865. The second-order valence-corrected chi connectivity index (χ2v) is 2.11. The third-order valence-electron chi connectivity index (χ3n) is 1.14. The highest BCUT2D eigenvalue weighted by Gasteiger charge is 2.18. The van der Waals surface area contributed by atoms with Crippen molar-refractivity contribution in [2.24, 2.45) is 11.1 Å². The van der Waals surface area contributed by atoms with Crippen molar-refractivity contribution in [1.82, 2.24) is 0 Å². The number of oxime groups is 1. The molecule has 0 spiro atoms. The lowest BCUT2D eigenvalue weighted by Crippen LogP contribution is -1.89. The molecule has 0 radical (unpaired) electrons. The number of rotatable bonds is 4. The summed E-state index contributed by atoms with van der Waals surface area (Å²) in [5, 5.41) is 3.56. The van der Waals surface area contributed by atoms with E-state index in [2.05, 4.69) is 9.99 Å². The number of hydrogen-bond donors (Lipinski definition) is 0. The van der Waals surface area contributed by atoms with Gasteiger partial charge in [-0.1, -0.05) is 5.16 Å². The van der Waals surface area contributed by atoms with Crippen molar-refractivity contribution >= 4 is 6.21 Å². The lowest BCUT2D eigenvalue weighted by atomic mass is 10.5. The largest absolute Gasteiger partial charge is 0.393 e. The Kier molecular flexibility index (Phi) is 2.48. The van der Waals surface area contributed by atoms with Gasteiger partial charge in [-0.05, 0) is 18.8 Å². The Hall–Kier alpha value is -0.600. The van der Waals surface area contributed by atoms with Crippen LogP contribution in [-0.4, -0.2) is 19.5 Å². The monoisotopic (exact) mass is 131 g/mol. The van der Waals surface area contributed by atoms with E-state index in [0.29, 0.717) is 5.92 Å². The van der Waals surface area contributed by atoms with Gasteiger partial charge in [-0.15, -0.1) is 0 Å². The zero-order valence-electron chi connectivity index (χ0n) is 5.22. The molecule has 1 aliphatic carbocycles. The van der Waals surface area contributed by atoms with E-state index in [-0.39, 0.29) is 6.61 Å². The van der Waals surface area contributed by atoms with Crippen molar-refractivity contribution in [2.75, 3.05) is 13.3 Å². The minimum atomic E-state index is -0.456. The minimum Gasteiger partial charge on any atom is -0.393 e. The fraction of sp³-hybridized carbons (Fsp3) is 0.833. The zero-order valence-corrected chi connectivity index (χ0v) is 5.22. The number of hydrogen-bond acceptors (Lipinski definition) is 2. The van der Waals surface area contributed by atoms with E-state index in [1.807, 2.05) is 0 Å². The molecule has 52 valence electrons. The van der Waals surface area contributed by atoms with Crippen LogP contribution >= 0.6 is 0 Å². The van der Waals surface area contributed by atoms with Crippen LogP contribution in [0.5, 0.6) is 0 Å². The lowest BCUT2D eigenvalue weighted by Gasteiger charge is -1.89. The van der Waals surface area contributed by atoms with Crippen LogP contribution in [-0.2, 0) is 4.84 Å². The normalized spacial score (nSPS) is 18.8. The molecule has 0 aromatic carbocycles. The van der Waals surface area contributed by atoms with Gasteiger partial charge in [-0.2, -0.15) is 0 Å². The van der Waals surface area contributed by atoms with E-state index < -0.39 is 6.67 Å². The van der Waals surface area contributed by atoms with Gasteiger partial charge in [0, 0.05) is 6.21 Å². The van der Waals surface area contributed by atoms with E-state index in [1.165, 1.54) is 12.8 Å². The van der Waals surface area contributed by atoms with Crippen molar-refractivity contribution in [3.8, 4) is 0 Å². The first-order chi connectivity index (χ1) is 4.43. The van der Waals surface area contributed by atoms with Gasteiger partial charge in [0.2, 0.25) is 0 Å². The lowest BCUT2D eigenvalue weighted by molar-refractivity contribution is 0.128. The summed E-state index contributed by atoms with van der Waals surface area (Å²) in [6.07, 6.45) is 4.17. The molecular weight excluding hydrogens is 121 g/mol. The van der Waals surface area contributed by atoms with E-state index in [4.69, 9.17) is 0 Å². The predicted molar refractivity (Wildman–Crippen MR) is 33.1 cm³/mol. The van der Waals surface area contributed by atoms with Crippen molar-refractivity contribution in [3.63, 3.8) is 0 Å². The van der Waals surface area contributed by atoms with E-state index in [0.717, 1.165) is 0 Å². The molecule has 0 N–H and O–H groups in total. The van der Waals surface area contributed by atoms with E-state index >= 15 is 0 Å². The fourth-order valence-corrected chi connectivity index (χ4v) is 0.462. The number of alkyl halides is 1. The SMILES string of the molecule is FCCO/N=C/C1CC1. The highest BCUT2D eigenvalue weighted by atomic mass is 19.1. The summed E-state index contributed by atoms with van der Waals surface area (Å²) >= 11 is 0. The molecule has 1 fully saturated rings. The maximum absolute atomic E-state index is 11.3. The fourth-order valence-electron chi connectivity index (χ4n) is 0.462. The first-order valence-corrected chi connectivity index (χ1v) is 3.15. The first-order valence-electron chi connectivity index (χ1n) is 3.15. The molecule has 0 aliphatic heterocycles. The number of halogens is 1. The maximum Gasteiger partial charge on any atom is 0.145 e. The standard InChI is InChI=1S/C6H10FNO/c7-3-4-9-8-5-6-1-2-6/h5-6H,1-4H2/b8-5+. The molecular formula is C6H10FNO. The molecule has 2 nitrogen and oxygen atoms in total. The highest BCUT2D eigenvalue weighted by Crippen LogP contribution is 2.26. The van der Waals surface area contributed by atoms with Gasteiger partial charge in [0.1, 0.15) is 13.3 Å². The zero-order chi connectivity index (χ0) is 6.53. The summed E-state index contributed by atoms with van der Waals surface area (Å²) in [4.78, 5) is 4.53. The Bertz CT molecular complexity index is 101. The Labute approximate surface area is 53.7 Å². The van der Waals surface area contributed by atoms with Crippen LogP contribution in [0.25, 0.3) is 0 Å². The Morgan fingerprint density at radius 2 is 2.44 bits per heavy atom. The quantitative estimate of drug-likeness (QED) is 0.321. The molecule has 0 bridgehead atoms. The average Bonchev–Trinajstić information content (AvgIpc) is 2.63. The van der Waals surface area contributed by atoms with Crippen LogP contribution in [0.15, 0.2) is 5.16 Å². The molecule has 0 saturated heterocycles. The highest BCUT2D eigenvalue weighted by molar-refractivity contribution is 5.62. The van der Waals surface area contributed by atoms with Crippen LogP contribution in [0.4, 0.5) is 4.39 Å². The molecule has 1 saturated carbocycles. The summed E-state index contributed by atoms with van der Waals surface area (Å²) < 4.78 is 11.3. The van der Waals surface area contributed by atoms with Gasteiger partial charge < -0.3 is 4.84 Å². The summed E-state index contributed by atoms with van der Waals surface area (Å²) in [5.41, 5.74) is 0. The van der Waals surface area contributed by atoms with Gasteiger partial charge in [0.25, 0.3) is 0 Å². The molecule has 9 heavy (non-hydrogen) atoms. The summed E-state index contributed by atoms with van der Waals surface area (Å²) in [5.74, 6) is 0.615. The van der Waals surface area contributed by atoms with Crippen LogP contribution in [0, 0.1) is 5.92 Å². The Morgan fingerprint density at radius 1 is 1.67 bits per heavy atom. The topological polar surface area (TPSA) is 21.6 Å². The molecule has 1 aliphatic rings. The third kappa shape index (κ3) is 3.06. The van der Waals surface area contributed by atoms with Crippen LogP contribution < -0.4 is 0 Å². The van der Waals surface area contributed by atoms with Gasteiger partial charge in [0.05, 0.1) is 0 Å².